The zero-order valence-corrected chi connectivity index (χ0v) is 7.73. The van der Waals surface area contributed by atoms with E-state index in [1.807, 2.05) is 0 Å². The Morgan fingerprint density at radius 3 is 3.00 bits per heavy atom. The Bertz CT molecular complexity index is 430. The number of ether oxygens (including phenoxy) is 1. The van der Waals surface area contributed by atoms with Gasteiger partial charge in [0.15, 0.2) is 0 Å². The average molecular weight is 208 g/mol. The second-order valence-electron chi connectivity index (χ2n) is 3.06. The van der Waals surface area contributed by atoms with Crippen molar-refractivity contribution in [3.8, 4) is 5.75 Å². The third kappa shape index (κ3) is 1.74. The molecule has 1 amide bonds. The number of para-hydroxylation sites is 1. The number of nitro groups is 1. The van der Waals surface area contributed by atoms with Gasteiger partial charge in [0.05, 0.1) is 23.6 Å². The van der Waals surface area contributed by atoms with Gasteiger partial charge in [0.2, 0.25) is 11.7 Å². The molecule has 0 spiro atoms. The summed E-state index contributed by atoms with van der Waals surface area (Å²) in [5.41, 5.74) is 0.224. The smallest absolute Gasteiger partial charge is 0.313 e. The van der Waals surface area contributed by atoms with Crippen LogP contribution in [-0.2, 0) is 4.79 Å². The van der Waals surface area contributed by atoms with Crippen molar-refractivity contribution in [2.45, 2.75) is 6.42 Å². The molecule has 15 heavy (non-hydrogen) atoms. The van der Waals surface area contributed by atoms with Gasteiger partial charge < -0.3 is 10.1 Å². The fourth-order valence-electron chi connectivity index (χ4n) is 1.38. The summed E-state index contributed by atoms with van der Waals surface area (Å²) in [6.45, 7) is 0.156. The molecule has 0 fully saturated rings. The molecule has 1 aromatic carbocycles. The Morgan fingerprint density at radius 2 is 2.27 bits per heavy atom. The fourth-order valence-corrected chi connectivity index (χ4v) is 1.38. The lowest BCUT2D eigenvalue weighted by atomic mass is 10.2. The van der Waals surface area contributed by atoms with Crippen molar-refractivity contribution in [1.29, 1.82) is 0 Å². The number of nitrogens with one attached hydrogen (secondary N) is 1. The first-order chi connectivity index (χ1) is 7.18. The number of rotatable bonds is 1. The number of anilines is 1. The molecular formula is C9H8N2O4. The van der Waals surface area contributed by atoms with E-state index in [1.54, 1.807) is 6.07 Å². The average Bonchev–Trinajstić information content (AvgIpc) is 2.37. The summed E-state index contributed by atoms with van der Waals surface area (Å²) in [6.07, 6.45) is 0.200. The number of benzene rings is 1. The maximum atomic E-state index is 11.2. The minimum Gasteiger partial charge on any atom is -0.485 e. The molecule has 0 bridgehead atoms. The molecule has 0 atom stereocenters. The SMILES string of the molecule is O=C1CCOc2c(cccc2[N+](=O)[O-])N1. The largest absolute Gasteiger partial charge is 0.485 e. The van der Waals surface area contributed by atoms with Crippen molar-refractivity contribution in [1.82, 2.24) is 0 Å². The van der Waals surface area contributed by atoms with Crippen LogP contribution in [0.5, 0.6) is 5.75 Å². The lowest BCUT2D eigenvalue weighted by Crippen LogP contribution is -2.10. The lowest BCUT2D eigenvalue weighted by molar-refractivity contribution is -0.385. The molecule has 0 aromatic heterocycles. The first kappa shape index (κ1) is 9.45. The van der Waals surface area contributed by atoms with Crippen molar-refractivity contribution in [2.75, 3.05) is 11.9 Å². The van der Waals surface area contributed by atoms with Crippen LogP contribution < -0.4 is 10.1 Å². The predicted molar refractivity (Wildman–Crippen MR) is 51.8 cm³/mol. The lowest BCUT2D eigenvalue weighted by Gasteiger charge is -2.06. The van der Waals surface area contributed by atoms with E-state index in [1.165, 1.54) is 12.1 Å². The highest BCUT2D eigenvalue weighted by molar-refractivity contribution is 5.94. The molecule has 0 unspecified atom stereocenters. The molecule has 0 aliphatic carbocycles. The summed E-state index contributed by atoms with van der Waals surface area (Å²) in [7, 11) is 0. The number of amides is 1. The summed E-state index contributed by atoms with van der Waals surface area (Å²) < 4.78 is 5.19. The number of nitrogens with zero attached hydrogens (tertiary/aromatic N) is 1. The van der Waals surface area contributed by atoms with E-state index >= 15 is 0 Å². The number of carbonyl (C=O) groups excluding carboxylic acids is 1. The number of nitro benzene ring substituents is 1. The molecule has 6 nitrogen and oxygen atoms in total. The van der Waals surface area contributed by atoms with Gasteiger partial charge in [0, 0.05) is 6.07 Å². The van der Waals surface area contributed by atoms with E-state index < -0.39 is 4.92 Å². The first-order valence-corrected chi connectivity index (χ1v) is 4.38. The van der Waals surface area contributed by atoms with Crippen molar-refractivity contribution in [3.05, 3.63) is 28.3 Å². The Kier molecular flexibility index (Phi) is 2.24. The van der Waals surface area contributed by atoms with Crippen LogP contribution in [0, 0.1) is 10.1 Å². The molecule has 1 aromatic rings. The van der Waals surface area contributed by atoms with Crippen LogP contribution in [0.4, 0.5) is 11.4 Å². The number of hydrogen-bond acceptors (Lipinski definition) is 4. The molecule has 1 heterocycles. The van der Waals surface area contributed by atoms with Crippen LogP contribution in [0.2, 0.25) is 0 Å². The molecule has 0 radical (unpaired) electrons. The van der Waals surface area contributed by atoms with Gasteiger partial charge in [-0.3, -0.25) is 14.9 Å². The number of fused-ring (bicyclic) bond motifs is 1. The van der Waals surface area contributed by atoms with Gasteiger partial charge in [-0.1, -0.05) is 6.07 Å². The van der Waals surface area contributed by atoms with E-state index in [0.717, 1.165) is 0 Å². The summed E-state index contributed by atoms with van der Waals surface area (Å²) in [5.74, 6) is -0.0670. The molecule has 1 N–H and O–H groups in total. The third-order valence-electron chi connectivity index (χ3n) is 2.04. The zero-order chi connectivity index (χ0) is 10.8. The Labute approximate surface area is 85.0 Å². The number of carbonyl (C=O) groups is 1. The van der Waals surface area contributed by atoms with E-state index in [-0.39, 0.29) is 30.4 Å². The van der Waals surface area contributed by atoms with Gasteiger partial charge in [0.25, 0.3) is 0 Å². The molecule has 0 saturated heterocycles. The van der Waals surface area contributed by atoms with Gasteiger partial charge in [-0.05, 0) is 6.07 Å². The van der Waals surface area contributed by atoms with Crippen molar-refractivity contribution < 1.29 is 14.5 Å². The van der Waals surface area contributed by atoms with Crippen LogP contribution in [0.1, 0.15) is 6.42 Å². The van der Waals surface area contributed by atoms with Crippen LogP contribution in [-0.4, -0.2) is 17.4 Å². The first-order valence-electron chi connectivity index (χ1n) is 4.38. The molecule has 6 heteroatoms. The van der Waals surface area contributed by atoms with Crippen LogP contribution in [0.3, 0.4) is 0 Å². The van der Waals surface area contributed by atoms with Gasteiger partial charge in [-0.25, -0.2) is 0 Å². The monoisotopic (exact) mass is 208 g/mol. The molecule has 78 valence electrons. The van der Waals surface area contributed by atoms with Crippen LogP contribution in [0.25, 0.3) is 0 Å². The van der Waals surface area contributed by atoms with Crippen LogP contribution in [0.15, 0.2) is 18.2 Å². The molecule has 1 aliphatic rings. The van der Waals surface area contributed by atoms with Crippen LogP contribution >= 0.6 is 0 Å². The maximum absolute atomic E-state index is 11.2. The second-order valence-corrected chi connectivity index (χ2v) is 3.06. The maximum Gasteiger partial charge on any atom is 0.313 e. The third-order valence-corrected chi connectivity index (χ3v) is 2.04. The van der Waals surface area contributed by atoms with Gasteiger partial charge in [-0.15, -0.1) is 0 Å². The topological polar surface area (TPSA) is 81.5 Å². The van der Waals surface area contributed by atoms with E-state index in [9.17, 15) is 14.9 Å². The molecule has 1 aliphatic heterocycles. The van der Waals surface area contributed by atoms with Crippen molar-refractivity contribution in [3.63, 3.8) is 0 Å². The second kappa shape index (κ2) is 3.56. The summed E-state index contributed by atoms with van der Waals surface area (Å²) in [6, 6.07) is 4.42. The van der Waals surface area contributed by atoms with Crippen molar-refractivity contribution in [2.24, 2.45) is 0 Å². The Hall–Kier alpha value is -2.11. The molecule has 0 saturated carbocycles. The predicted octanol–water partition coefficient (Wildman–Crippen LogP) is 1.32. The fraction of sp³-hybridized carbons (Fsp3) is 0.222. The Morgan fingerprint density at radius 1 is 1.47 bits per heavy atom. The van der Waals surface area contributed by atoms with Gasteiger partial charge in [0.1, 0.15) is 0 Å². The normalized spacial score (nSPS) is 14.5. The number of hydrogen-bond donors (Lipinski definition) is 1. The highest BCUT2D eigenvalue weighted by atomic mass is 16.6. The summed E-state index contributed by atoms with van der Waals surface area (Å²) >= 11 is 0. The zero-order valence-electron chi connectivity index (χ0n) is 7.73. The summed E-state index contributed by atoms with van der Waals surface area (Å²) in [5, 5.41) is 13.2. The van der Waals surface area contributed by atoms with E-state index in [4.69, 9.17) is 4.74 Å². The van der Waals surface area contributed by atoms with E-state index in [2.05, 4.69) is 5.32 Å². The quantitative estimate of drug-likeness (QED) is 0.557. The van der Waals surface area contributed by atoms with E-state index in [0.29, 0.717) is 5.69 Å². The Balaban J connectivity index is 2.50. The van der Waals surface area contributed by atoms with Gasteiger partial charge >= 0.3 is 5.69 Å². The molecule has 2 rings (SSSR count). The minimum atomic E-state index is -0.531. The minimum absolute atomic E-state index is 0.130. The standard InChI is InChI=1S/C9H8N2O4/c12-8-4-5-15-9-6(10-8)2-1-3-7(9)11(13)14/h1-3H,4-5H2,(H,10,12). The van der Waals surface area contributed by atoms with Gasteiger partial charge in [-0.2, -0.15) is 0 Å². The summed E-state index contributed by atoms with van der Waals surface area (Å²) in [4.78, 5) is 21.3. The van der Waals surface area contributed by atoms with Crippen molar-refractivity contribution >= 4 is 17.3 Å². The molecular weight excluding hydrogens is 200 g/mol. The highest BCUT2D eigenvalue weighted by Gasteiger charge is 2.22. The highest BCUT2D eigenvalue weighted by Crippen LogP contribution is 2.36.